The Bertz CT molecular complexity index is 106. The van der Waals surface area contributed by atoms with E-state index in [9.17, 15) is 0 Å². The molecule has 0 saturated heterocycles. The van der Waals surface area contributed by atoms with Crippen molar-refractivity contribution in [2.75, 3.05) is 6.54 Å². The van der Waals surface area contributed by atoms with Crippen molar-refractivity contribution in [3.8, 4) is 0 Å². The molecule has 0 saturated carbocycles. The fourth-order valence-electron chi connectivity index (χ4n) is 0.805. The van der Waals surface area contributed by atoms with Crippen LogP contribution in [0.3, 0.4) is 0 Å². The molecule has 3 nitrogen and oxygen atoms in total. The van der Waals surface area contributed by atoms with Gasteiger partial charge in [-0.1, -0.05) is 26.2 Å². The number of thiocarbonyl (C=S) groups is 1. The molecule has 0 aromatic carbocycles. The molecular formula is C7H17N3S. The van der Waals surface area contributed by atoms with Gasteiger partial charge >= 0.3 is 0 Å². The normalized spacial score (nSPS) is 9.27. The molecule has 0 unspecified atom stereocenters. The van der Waals surface area contributed by atoms with Crippen molar-refractivity contribution < 1.29 is 0 Å². The Hall–Kier alpha value is -0.350. The Labute approximate surface area is 73.7 Å². The number of hydrazine groups is 1. The quantitative estimate of drug-likeness (QED) is 0.251. The minimum atomic E-state index is 0.529. The largest absolute Gasteiger partial charge is 0.362 e. The molecule has 0 aromatic heterocycles. The van der Waals surface area contributed by atoms with Gasteiger partial charge in [0.05, 0.1) is 0 Å². The molecule has 4 heteroatoms. The summed E-state index contributed by atoms with van der Waals surface area (Å²) in [6.07, 6.45) is 4.98. The Morgan fingerprint density at radius 1 is 1.36 bits per heavy atom. The maximum atomic E-state index is 5.06. The van der Waals surface area contributed by atoms with Crippen molar-refractivity contribution in [3.05, 3.63) is 0 Å². The van der Waals surface area contributed by atoms with Crippen LogP contribution in [0.2, 0.25) is 0 Å². The van der Waals surface area contributed by atoms with Crippen molar-refractivity contribution >= 4 is 17.3 Å². The minimum absolute atomic E-state index is 0.529. The van der Waals surface area contributed by atoms with Crippen LogP contribution in [0.1, 0.15) is 32.6 Å². The van der Waals surface area contributed by atoms with Crippen molar-refractivity contribution in [1.29, 1.82) is 0 Å². The van der Waals surface area contributed by atoms with E-state index in [1.54, 1.807) is 0 Å². The summed E-state index contributed by atoms with van der Waals surface area (Å²) in [6, 6.07) is 0. The van der Waals surface area contributed by atoms with E-state index in [1.165, 1.54) is 19.3 Å². The summed E-state index contributed by atoms with van der Waals surface area (Å²) >= 11 is 4.79. The zero-order chi connectivity index (χ0) is 8.53. The van der Waals surface area contributed by atoms with Crippen LogP contribution in [0.25, 0.3) is 0 Å². The molecule has 0 aliphatic heterocycles. The summed E-state index contributed by atoms with van der Waals surface area (Å²) in [7, 11) is 0. The van der Waals surface area contributed by atoms with E-state index in [1.807, 2.05) is 0 Å². The second kappa shape index (κ2) is 7.75. The number of rotatable bonds is 5. The monoisotopic (exact) mass is 175 g/mol. The minimum Gasteiger partial charge on any atom is -0.362 e. The summed E-state index contributed by atoms with van der Waals surface area (Å²) in [5, 5.41) is 3.52. The Balaban J connectivity index is 2.95. The lowest BCUT2D eigenvalue weighted by atomic mass is 10.2. The van der Waals surface area contributed by atoms with Gasteiger partial charge in [0.25, 0.3) is 0 Å². The molecule has 0 rings (SSSR count). The van der Waals surface area contributed by atoms with Gasteiger partial charge in [-0.2, -0.15) is 0 Å². The molecule has 11 heavy (non-hydrogen) atoms. The number of unbranched alkanes of at least 4 members (excludes halogenated alkanes) is 3. The van der Waals surface area contributed by atoms with E-state index < -0.39 is 0 Å². The van der Waals surface area contributed by atoms with Gasteiger partial charge in [-0.25, -0.2) is 5.84 Å². The topological polar surface area (TPSA) is 50.1 Å². The Morgan fingerprint density at radius 3 is 2.64 bits per heavy atom. The fourth-order valence-corrected chi connectivity index (χ4v) is 0.907. The highest BCUT2D eigenvalue weighted by atomic mass is 32.1. The highest BCUT2D eigenvalue weighted by molar-refractivity contribution is 7.80. The first-order chi connectivity index (χ1) is 5.31. The number of nitrogens with one attached hydrogen (secondary N) is 2. The third-order valence-electron chi connectivity index (χ3n) is 1.45. The molecule has 0 amide bonds. The first-order valence-electron chi connectivity index (χ1n) is 4.05. The lowest BCUT2D eigenvalue weighted by Gasteiger charge is -2.05. The van der Waals surface area contributed by atoms with Crippen molar-refractivity contribution in [2.45, 2.75) is 32.6 Å². The molecule has 0 spiro atoms. The molecule has 0 aromatic rings. The van der Waals surface area contributed by atoms with Crippen molar-refractivity contribution in [3.63, 3.8) is 0 Å². The first kappa shape index (κ1) is 10.7. The van der Waals surface area contributed by atoms with Gasteiger partial charge in [-0.05, 0) is 18.6 Å². The van der Waals surface area contributed by atoms with Crippen LogP contribution in [0.4, 0.5) is 0 Å². The van der Waals surface area contributed by atoms with E-state index in [0.29, 0.717) is 5.11 Å². The summed E-state index contributed by atoms with van der Waals surface area (Å²) in [6.45, 7) is 3.11. The smallest absolute Gasteiger partial charge is 0.180 e. The molecule has 0 atom stereocenters. The third-order valence-corrected chi connectivity index (χ3v) is 1.71. The van der Waals surface area contributed by atoms with E-state index in [0.717, 1.165) is 13.0 Å². The maximum Gasteiger partial charge on any atom is 0.180 e. The summed E-state index contributed by atoms with van der Waals surface area (Å²) in [5.41, 5.74) is 2.38. The average molecular weight is 175 g/mol. The van der Waals surface area contributed by atoms with E-state index in [4.69, 9.17) is 18.1 Å². The predicted octanol–water partition coefficient (Wildman–Crippen LogP) is 0.905. The number of nitrogens with two attached hydrogens (primary N) is 1. The van der Waals surface area contributed by atoms with Gasteiger partial charge in [-0.15, -0.1) is 0 Å². The van der Waals surface area contributed by atoms with Crippen LogP contribution in [0, 0.1) is 0 Å². The second-order valence-corrected chi connectivity index (χ2v) is 2.87. The van der Waals surface area contributed by atoms with Crippen molar-refractivity contribution in [2.24, 2.45) is 5.84 Å². The van der Waals surface area contributed by atoms with E-state index in [-0.39, 0.29) is 0 Å². The molecule has 0 heterocycles. The van der Waals surface area contributed by atoms with Crippen LogP contribution in [0.15, 0.2) is 0 Å². The van der Waals surface area contributed by atoms with E-state index in [2.05, 4.69) is 17.7 Å². The van der Waals surface area contributed by atoms with Gasteiger partial charge in [0, 0.05) is 6.54 Å². The fraction of sp³-hybridized carbons (Fsp3) is 0.857. The number of hydrogen-bond donors (Lipinski definition) is 3. The average Bonchev–Trinajstić information content (AvgIpc) is 2.04. The summed E-state index contributed by atoms with van der Waals surface area (Å²) in [5.74, 6) is 5.06. The Kier molecular flexibility index (Phi) is 7.51. The summed E-state index contributed by atoms with van der Waals surface area (Å²) in [4.78, 5) is 0. The molecule has 0 radical (unpaired) electrons. The lowest BCUT2D eigenvalue weighted by Crippen LogP contribution is -2.39. The highest BCUT2D eigenvalue weighted by Crippen LogP contribution is 1.96. The molecule has 0 aliphatic rings. The summed E-state index contributed by atoms with van der Waals surface area (Å²) < 4.78 is 0. The zero-order valence-corrected chi connectivity index (χ0v) is 7.84. The SMILES string of the molecule is CCCCCCNC(=S)NN. The van der Waals surface area contributed by atoms with Crippen LogP contribution in [-0.4, -0.2) is 11.7 Å². The number of hydrogen-bond acceptors (Lipinski definition) is 2. The lowest BCUT2D eigenvalue weighted by molar-refractivity contribution is 0.651. The standard InChI is InChI=1S/C7H17N3S/c1-2-3-4-5-6-9-7(11)10-8/h2-6,8H2,1H3,(H2,9,10,11). The molecule has 4 N–H and O–H groups in total. The first-order valence-corrected chi connectivity index (χ1v) is 4.46. The molecule has 0 aliphatic carbocycles. The van der Waals surface area contributed by atoms with Gasteiger partial charge in [0.2, 0.25) is 0 Å². The molecule has 0 bridgehead atoms. The van der Waals surface area contributed by atoms with E-state index >= 15 is 0 Å². The maximum absolute atomic E-state index is 5.06. The molecular weight excluding hydrogens is 158 g/mol. The highest BCUT2D eigenvalue weighted by Gasteiger charge is 1.89. The van der Waals surface area contributed by atoms with Gasteiger partial charge in [-0.3, -0.25) is 0 Å². The zero-order valence-electron chi connectivity index (χ0n) is 7.02. The molecule has 66 valence electrons. The van der Waals surface area contributed by atoms with Crippen molar-refractivity contribution in [1.82, 2.24) is 10.7 Å². The van der Waals surface area contributed by atoms with Gasteiger partial charge < -0.3 is 10.7 Å². The Morgan fingerprint density at radius 2 is 2.09 bits per heavy atom. The molecule has 0 fully saturated rings. The van der Waals surface area contributed by atoms with Gasteiger partial charge in [0.1, 0.15) is 0 Å². The van der Waals surface area contributed by atoms with Crippen LogP contribution >= 0.6 is 12.2 Å². The van der Waals surface area contributed by atoms with Gasteiger partial charge in [0.15, 0.2) is 5.11 Å². The second-order valence-electron chi connectivity index (χ2n) is 2.46. The van der Waals surface area contributed by atoms with Crippen LogP contribution in [0.5, 0.6) is 0 Å². The van der Waals surface area contributed by atoms with Crippen LogP contribution < -0.4 is 16.6 Å². The predicted molar refractivity (Wildman–Crippen MR) is 52.1 cm³/mol. The van der Waals surface area contributed by atoms with Crippen LogP contribution in [-0.2, 0) is 0 Å². The third kappa shape index (κ3) is 7.55.